The molecule has 0 spiro atoms. The molecule has 2 aromatic carbocycles. The van der Waals surface area contributed by atoms with Crippen LogP contribution in [0.4, 0.5) is 5.69 Å². The van der Waals surface area contributed by atoms with Crippen LogP contribution in [-0.2, 0) is 21.3 Å². The zero-order valence-electron chi connectivity index (χ0n) is 11.7. The third-order valence-corrected chi connectivity index (χ3v) is 5.57. The largest absolute Gasteiger partial charge is 0.379 e. The molecule has 23 heavy (non-hydrogen) atoms. The van der Waals surface area contributed by atoms with Gasteiger partial charge in [0.05, 0.1) is 5.02 Å². The molecule has 8 heteroatoms. The number of hydrogen-bond donors (Lipinski definition) is 1. The summed E-state index contributed by atoms with van der Waals surface area (Å²) in [7, 11) is -4.04. The Bertz CT molecular complexity index is 898. The molecule has 1 aliphatic rings. The molecule has 120 valence electrons. The minimum atomic E-state index is -4.04. The summed E-state index contributed by atoms with van der Waals surface area (Å²) in [5.74, 6) is 0.124. The van der Waals surface area contributed by atoms with Crippen LogP contribution in [0.15, 0.2) is 45.8 Å². The molecule has 1 amide bonds. The van der Waals surface area contributed by atoms with Crippen LogP contribution in [-0.4, -0.2) is 14.3 Å². The van der Waals surface area contributed by atoms with Gasteiger partial charge in [-0.05, 0) is 48.4 Å². The van der Waals surface area contributed by atoms with Gasteiger partial charge in [-0.25, -0.2) is 0 Å². The first kappa shape index (κ1) is 16.3. The Hall–Kier alpha value is -1.57. The van der Waals surface area contributed by atoms with Crippen molar-refractivity contribution >= 4 is 49.2 Å². The highest BCUT2D eigenvalue weighted by Gasteiger charge is 2.22. The summed E-state index contributed by atoms with van der Waals surface area (Å²) in [5, 5.41) is 2.80. The molecule has 0 aliphatic carbocycles. The first-order valence-electron chi connectivity index (χ1n) is 6.67. The zero-order valence-corrected chi connectivity index (χ0v) is 14.8. The predicted octanol–water partition coefficient (Wildman–Crippen LogP) is 3.75. The molecule has 0 saturated heterocycles. The van der Waals surface area contributed by atoms with E-state index in [0.717, 1.165) is 5.56 Å². The molecule has 0 fully saturated rings. The van der Waals surface area contributed by atoms with Gasteiger partial charge < -0.3 is 9.50 Å². The number of halogens is 2. The second-order valence-corrected chi connectivity index (χ2v) is 7.82. The van der Waals surface area contributed by atoms with Gasteiger partial charge in [0.1, 0.15) is 10.6 Å². The minimum absolute atomic E-state index is 0.0552. The van der Waals surface area contributed by atoms with Crippen molar-refractivity contribution in [1.82, 2.24) is 0 Å². The minimum Gasteiger partial charge on any atom is -0.379 e. The number of hydrogen-bond acceptors (Lipinski definition) is 4. The van der Waals surface area contributed by atoms with Gasteiger partial charge in [0.2, 0.25) is 5.91 Å². The number of aryl methyl sites for hydroxylation is 1. The number of anilines is 1. The van der Waals surface area contributed by atoms with Crippen molar-refractivity contribution in [2.24, 2.45) is 0 Å². The van der Waals surface area contributed by atoms with Crippen molar-refractivity contribution < 1.29 is 17.4 Å². The second kappa shape index (κ2) is 6.14. The summed E-state index contributed by atoms with van der Waals surface area (Å²) >= 11 is 9.20. The number of fused-ring (bicyclic) bond motifs is 1. The van der Waals surface area contributed by atoms with Crippen molar-refractivity contribution in [3.63, 3.8) is 0 Å². The Morgan fingerprint density at radius 2 is 1.91 bits per heavy atom. The number of carbonyl (C=O) groups excluding carboxylic acids is 1. The summed E-state index contributed by atoms with van der Waals surface area (Å²) in [5.41, 5.74) is 1.51. The van der Waals surface area contributed by atoms with Crippen molar-refractivity contribution in [3.05, 3.63) is 51.5 Å². The Morgan fingerprint density at radius 1 is 1.13 bits per heavy atom. The van der Waals surface area contributed by atoms with Gasteiger partial charge in [0.15, 0.2) is 0 Å². The maximum atomic E-state index is 12.4. The first-order chi connectivity index (χ1) is 10.8. The topological polar surface area (TPSA) is 72.5 Å². The fourth-order valence-electron chi connectivity index (χ4n) is 2.26. The number of carbonyl (C=O) groups is 1. The molecule has 1 N–H and O–H groups in total. The second-order valence-electron chi connectivity index (χ2n) is 4.98. The lowest BCUT2D eigenvalue weighted by atomic mass is 10.0. The summed E-state index contributed by atoms with van der Waals surface area (Å²) in [4.78, 5) is 11.2. The van der Waals surface area contributed by atoms with Crippen LogP contribution in [0, 0.1) is 0 Å². The molecule has 0 saturated carbocycles. The summed E-state index contributed by atoms with van der Waals surface area (Å²) in [6.45, 7) is 0. The fourth-order valence-corrected chi connectivity index (χ4v) is 4.20. The molecule has 0 unspecified atom stereocenters. The SMILES string of the molecule is O=C1CCc2cc(OS(=O)(=O)c3ccc(Br)cc3Cl)ccc2N1. The lowest BCUT2D eigenvalue weighted by molar-refractivity contribution is -0.116. The van der Waals surface area contributed by atoms with E-state index in [-0.39, 0.29) is 21.6 Å². The van der Waals surface area contributed by atoms with E-state index < -0.39 is 10.1 Å². The molecule has 0 atom stereocenters. The summed E-state index contributed by atoms with van der Waals surface area (Å²) < 4.78 is 30.6. The smallest absolute Gasteiger partial charge is 0.340 e. The molecule has 2 aromatic rings. The molecule has 1 heterocycles. The highest BCUT2D eigenvalue weighted by molar-refractivity contribution is 9.10. The highest BCUT2D eigenvalue weighted by Crippen LogP contribution is 2.31. The van der Waals surface area contributed by atoms with Gasteiger partial charge in [-0.3, -0.25) is 4.79 Å². The molecule has 0 aromatic heterocycles. The van der Waals surface area contributed by atoms with E-state index in [4.69, 9.17) is 15.8 Å². The van der Waals surface area contributed by atoms with Gasteiger partial charge in [-0.2, -0.15) is 8.42 Å². The maximum Gasteiger partial charge on any atom is 0.340 e. The Labute approximate surface area is 146 Å². The van der Waals surface area contributed by atoms with Gasteiger partial charge in [-0.1, -0.05) is 27.5 Å². The van der Waals surface area contributed by atoms with E-state index in [1.54, 1.807) is 18.2 Å². The highest BCUT2D eigenvalue weighted by atomic mass is 79.9. The number of benzene rings is 2. The van der Waals surface area contributed by atoms with Crippen LogP contribution in [0.25, 0.3) is 0 Å². The Kier molecular flexibility index (Phi) is 4.35. The van der Waals surface area contributed by atoms with Crippen molar-refractivity contribution in [2.45, 2.75) is 17.7 Å². The van der Waals surface area contributed by atoms with Crippen molar-refractivity contribution in [3.8, 4) is 5.75 Å². The molecular weight excluding hydrogens is 406 g/mol. The lowest BCUT2D eigenvalue weighted by Gasteiger charge is -2.17. The summed E-state index contributed by atoms with van der Waals surface area (Å²) in [6.07, 6.45) is 0.902. The maximum absolute atomic E-state index is 12.4. The van der Waals surface area contributed by atoms with E-state index in [9.17, 15) is 13.2 Å². The van der Waals surface area contributed by atoms with Crippen LogP contribution in [0.3, 0.4) is 0 Å². The molecule has 5 nitrogen and oxygen atoms in total. The predicted molar refractivity (Wildman–Crippen MR) is 90.4 cm³/mol. The number of rotatable bonds is 3. The summed E-state index contributed by atoms with van der Waals surface area (Å²) in [6, 6.07) is 9.17. The van der Waals surface area contributed by atoms with E-state index in [0.29, 0.717) is 23.0 Å². The third-order valence-electron chi connectivity index (χ3n) is 3.34. The Balaban J connectivity index is 1.90. The average Bonchev–Trinajstić information content (AvgIpc) is 2.46. The van der Waals surface area contributed by atoms with Crippen molar-refractivity contribution in [2.75, 3.05) is 5.32 Å². The van der Waals surface area contributed by atoms with Crippen LogP contribution in [0.5, 0.6) is 5.75 Å². The van der Waals surface area contributed by atoms with Gasteiger partial charge in [0.25, 0.3) is 0 Å². The normalized spacial score (nSPS) is 14.1. The average molecular weight is 417 g/mol. The monoisotopic (exact) mass is 415 g/mol. The van der Waals surface area contributed by atoms with E-state index in [1.165, 1.54) is 18.2 Å². The number of nitrogens with one attached hydrogen (secondary N) is 1. The van der Waals surface area contributed by atoms with Crippen LogP contribution in [0.2, 0.25) is 5.02 Å². The third kappa shape index (κ3) is 3.52. The van der Waals surface area contributed by atoms with Gasteiger partial charge in [-0.15, -0.1) is 0 Å². The first-order valence-corrected chi connectivity index (χ1v) is 9.25. The van der Waals surface area contributed by atoms with Crippen LogP contribution in [0.1, 0.15) is 12.0 Å². The van der Waals surface area contributed by atoms with Gasteiger partial charge in [0, 0.05) is 16.6 Å². The lowest BCUT2D eigenvalue weighted by Crippen LogP contribution is -2.19. The molecule has 3 rings (SSSR count). The van der Waals surface area contributed by atoms with Crippen LogP contribution < -0.4 is 9.50 Å². The van der Waals surface area contributed by atoms with Gasteiger partial charge >= 0.3 is 10.1 Å². The van der Waals surface area contributed by atoms with E-state index in [2.05, 4.69) is 21.2 Å². The zero-order chi connectivity index (χ0) is 16.6. The standard InChI is InChI=1S/C15H11BrClNO4S/c16-10-2-5-14(12(17)8-10)23(20,21)22-11-3-4-13-9(7-11)1-6-15(19)18-13/h2-5,7-8H,1,6H2,(H,18,19). The Morgan fingerprint density at radius 3 is 2.65 bits per heavy atom. The number of amides is 1. The van der Waals surface area contributed by atoms with E-state index >= 15 is 0 Å². The molecule has 1 aliphatic heterocycles. The fraction of sp³-hybridized carbons (Fsp3) is 0.133. The van der Waals surface area contributed by atoms with E-state index in [1.807, 2.05) is 0 Å². The quantitative estimate of drug-likeness (QED) is 0.773. The molecule has 0 bridgehead atoms. The van der Waals surface area contributed by atoms with Crippen LogP contribution >= 0.6 is 27.5 Å². The van der Waals surface area contributed by atoms with Crippen molar-refractivity contribution in [1.29, 1.82) is 0 Å². The molecule has 0 radical (unpaired) electrons. The molecular formula is C15H11BrClNO4S.